The maximum Gasteiger partial charge on any atom is 0.315 e. The summed E-state index contributed by atoms with van der Waals surface area (Å²) in [6.07, 6.45) is 12.9. The predicted molar refractivity (Wildman–Crippen MR) is 207 cm³/mol. The molecule has 0 unspecified atom stereocenters. The molecule has 0 aromatic rings. The Kier molecular flexibility index (Phi) is 14.5. The Bertz CT molecular complexity index is 1420. The van der Waals surface area contributed by atoms with Crippen LogP contribution in [0.4, 0.5) is 4.79 Å². The van der Waals surface area contributed by atoms with E-state index in [1.807, 2.05) is 6.92 Å². The normalized spacial score (nSPS) is 24.2. The molecule has 0 bridgehead atoms. The fourth-order valence-electron chi connectivity index (χ4n) is 8.48. The number of amides is 5. The van der Waals surface area contributed by atoms with Crippen LogP contribution in [0.1, 0.15) is 158 Å². The zero-order valence-electron chi connectivity index (χ0n) is 33.6. The van der Waals surface area contributed by atoms with Gasteiger partial charge in [0.15, 0.2) is 9.84 Å². The van der Waals surface area contributed by atoms with Gasteiger partial charge in [0.05, 0.1) is 22.1 Å². The van der Waals surface area contributed by atoms with Gasteiger partial charge >= 0.3 is 6.03 Å². The number of sulfone groups is 1. The highest BCUT2D eigenvalue weighted by atomic mass is 32.2. The molecular weight excluding hydrogens is 695 g/mol. The molecule has 12 nitrogen and oxygen atoms in total. The average molecular weight is 764 g/mol. The summed E-state index contributed by atoms with van der Waals surface area (Å²) < 4.78 is 25.9. The number of carbonyl (C=O) groups excluding carboxylic acids is 5. The molecule has 4 N–H and O–H groups in total. The van der Waals surface area contributed by atoms with Crippen molar-refractivity contribution in [1.29, 1.82) is 0 Å². The monoisotopic (exact) mass is 763 g/mol. The lowest BCUT2D eigenvalue weighted by Gasteiger charge is -2.41. The average Bonchev–Trinajstić information content (AvgIpc) is 3.77. The van der Waals surface area contributed by atoms with Crippen LogP contribution in [0.15, 0.2) is 0 Å². The summed E-state index contributed by atoms with van der Waals surface area (Å²) >= 11 is 0. The van der Waals surface area contributed by atoms with Crippen LogP contribution in [0.25, 0.3) is 0 Å². The van der Waals surface area contributed by atoms with E-state index in [0.717, 1.165) is 70.6 Å². The van der Waals surface area contributed by atoms with E-state index < -0.39 is 61.9 Å². The molecule has 13 heteroatoms. The van der Waals surface area contributed by atoms with E-state index in [9.17, 15) is 32.4 Å². The molecule has 0 aromatic heterocycles. The number of carbonyl (C=O) groups is 5. The van der Waals surface area contributed by atoms with E-state index in [0.29, 0.717) is 45.1 Å². The minimum absolute atomic E-state index is 0.00672. The van der Waals surface area contributed by atoms with Crippen molar-refractivity contribution in [3.8, 4) is 0 Å². The summed E-state index contributed by atoms with van der Waals surface area (Å²) in [5.74, 6) is -2.14. The predicted octanol–water partition coefficient (Wildman–Crippen LogP) is 5.33. The molecule has 0 aromatic carbocycles. The first-order valence-corrected chi connectivity index (χ1v) is 22.2. The second-order valence-electron chi connectivity index (χ2n) is 18.5. The Labute approximate surface area is 318 Å². The number of urea groups is 1. The summed E-state index contributed by atoms with van der Waals surface area (Å²) in [7, 11) is -3.56. The van der Waals surface area contributed by atoms with Gasteiger partial charge in [-0.05, 0) is 95.8 Å². The summed E-state index contributed by atoms with van der Waals surface area (Å²) in [4.78, 5) is 70.6. The van der Waals surface area contributed by atoms with Crippen LogP contribution in [0.3, 0.4) is 0 Å². The van der Waals surface area contributed by atoms with Gasteiger partial charge in [-0.25, -0.2) is 13.2 Å². The van der Waals surface area contributed by atoms with E-state index >= 15 is 0 Å². The lowest BCUT2D eigenvalue weighted by Crippen LogP contribution is -2.62. The Balaban J connectivity index is 1.59. The first-order valence-electron chi connectivity index (χ1n) is 20.6. The molecule has 4 fully saturated rings. The number of Topliss-reactive ketones (excluding diaryl/α,β-unsaturated/α-hetero) is 1. The summed E-state index contributed by atoms with van der Waals surface area (Å²) in [6.45, 7) is 13.6. The highest BCUT2D eigenvalue weighted by Crippen LogP contribution is 2.41. The van der Waals surface area contributed by atoms with Gasteiger partial charge in [-0.2, -0.15) is 0 Å². The van der Waals surface area contributed by atoms with Crippen LogP contribution in [0, 0.1) is 17.3 Å². The second-order valence-corrected chi connectivity index (χ2v) is 21.2. The van der Waals surface area contributed by atoms with Gasteiger partial charge in [-0.3, -0.25) is 19.2 Å². The van der Waals surface area contributed by atoms with E-state index in [2.05, 4.69) is 42.0 Å². The molecule has 53 heavy (non-hydrogen) atoms. The first-order chi connectivity index (χ1) is 24.8. The Hall–Kier alpha value is -2.70. The molecule has 4 aliphatic rings. The van der Waals surface area contributed by atoms with Gasteiger partial charge in [-0.15, -0.1) is 0 Å². The van der Waals surface area contributed by atoms with Gasteiger partial charge in [0.1, 0.15) is 12.1 Å². The minimum atomic E-state index is -3.56. The largest absolute Gasteiger partial charge is 0.347 e. The third kappa shape index (κ3) is 11.7. The number of likely N-dealkylation sites (tertiary alicyclic amines) is 1. The molecule has 1 saturated heterocycles. The molecule has 302 valence electrons. The van der Waals surface area contributed by atoms with Gasteiger partial charge in [0.25, 0.3) is 5.91 Å². The van der Waals surface area contributed by atoms with E-state index in [1.165, 1.54) is 0 Å². The minimum Gasteiger partial charge on any atom is -0.347 e. The Morgan fingerprint density at radius 1 is 0.868 bits per heavy atom. The van der Waals surface area contributed by atoms with Crippen LogP contribution >= 0.6 is 0 Å². The Morgan fingerprint density at radius 2 is 1.47 bits per heavy atom. The summed E-state index contributed by atoms with van der Waals surface area (Å²) in [5, 5.41) is 11.7. The zero-order valence-corrected chi connectivity index (χ0v) is 34.4. The lowest BCUT2D eigenvalue weighted by molar-refractivity contribution is -0.143. The second kappa shape index (κ2) is 17.8. The quantitative estimate of drug-likeness (QED) is 0.154. The Morgan fingerprint density at radius 3 is 2.02 bits per heavy atom. The van der Waals surface area contributed by atoms with E-state index in [1.54, 1.807) is 25.7 Å². The van der Waals surface area contributed by atoms with Crippen LogP contribution in [-0.4, -0.2) is 89.6 Å². The van der Waals surface area contributed by atoms with Crippen molar-refractivity contribution in [2.24, 2.45) is 17.3 Å². The zero-order chi connectivity index (χ0) is 39.2. The lowest BCUT2D eigenvalue weighted by atomic mass is 9.71. The fraction of sp³-hybridized carbons (Fsp3) is 0.875. The smallest absolute Gasteiger partial charge is 0.315 e. The fourth-order valence-corrected chi connectivity index (χ4v) is 10.0. The molecule has 5 amide bonds. The van der Waals surface area contributed by atoms with Crippen LogP contribution in [0.2, 0.25) is 0 Å². The number of hydrogen-bond acceptors (Lipinski definition) is 7. The maximum absolute atomic E-state index is 14.8. The highest BCUT2D eigenvalue weighted by Gasteiger charge is 2.47. The number of rotatable bonds is 16. The van der Waals surface area contributed by atoms with Crippen LogP contribution < -0.4 is 21.3 Å². The van der Waals surface area contributed by atoms with Gasteiger partial charge in [0, 0.05) is 12.6 Å². The SMILES string of the molecule is CCCC[C@H](NC(=O)[C@@H]1C[C@@H](C(C)C)CN1C(=O)[C@H](CC1(C)CCCCC1)NC(=O)NC1(CS(=O)(=O)C(C)(C)C)CCCCC1)C(=O)C(=O)NC1CC1. The molecule has 4 atom stereocenters. The van der Waals surface area contributed by atoms with E-state index in [-0.39, 0.29) is 35.0 Å². The first kappa shape index (κ1) is 43.0. The third-order valence-electron chi connectivity index (χ3n) is 12.4. The number of hydrogen-bond donors (Lipinski definition) is 4. The molecule has 3 saturated carbocycles. The van der Waals surface area contributed by atoms with Crippen LogP contribution in [-0.2, 0) is 29.0 Å². The van der Waals surface area contributed by atoms with Crippen molar-refractivity contribution in [2.45, 2.75) is 192 Å². The molecule has 3 aliphatic carbocycles. The molecule has 1 heterocycles. The molecule has 0 radical (unpaired) electrons. The van der Waals surface area contributed by atoms with Crippen molar-refractivity contribution >= 4 is 39.4 Å². The van der Waals surface area contributed by atoms with Crippen molar-refractivity contribution in [3.05, 3.63) is 0 Å². The number of unbranched alkanes of at least 4 members (excludes halogenated alkanes) is 1. The topological polar surface area (TPSA) is 171 Å². The van der Waals surface area contributed by atoms with Crippen molar-refractivity contribution in [2.75, 3.05) is 12.3 Å². The van der Waals surface area contributed by atoms with Crippen molar-refractivity contribution in [1.82, 2.24) is 26.2 Å². The number of ketones is 1. The van der Waals surface area contributed by atoms with Gasteiger partial charge < -0.3 is 26.2 Å². The van der Waals surface area contributed by atoms with E-state index in [4.69, 9.17) is 0 Å². The molecule has 1 aliphatic heterocycles. The van der Waals surface area contributed by atoms with Gasteiger partial charge in [-0.1, -0.05) is 79.1 Å². The maximum atomic E-state index is 14.8. The molecule has 0 spiro atoms. The van der Waals surface area contributed by atoms with Crippen molar-refractivity contribution in [3.63, 3.8) is 0 Å². The van der Waals surface area contributed by atoms with Gasteiger partial charge in [0.2, 0.25) is 17.6 Å². The molecular formula is C40H69N5O7S. The molecule has 4 rings (SSSR count). The number of nitrogens with zero attached hydrogens (tertiary/aromatic N) is 1. The standard InChI is InChI=1S/C40H69N5O7S/c1-8-9-16-30(33(46)35(48)41-29-17-18-29)42-34(47)32-23-28(27(2)3)25-45(32)36(49)31(24-39(7)19-12-10-13-20-39)43-37(50)44-40(21-14-11-15-22-40)26-53(51,52)38(4,5)6/h27-32H,8-26H2,1-7H3,(H,41,48)(H,42,47)(H2,43,44,50)/t28-,30+,31+,32+/m1/s1. The van der Waals surface area contributed by atoms with Crippen LogP contribution in [0.5, 0.6) is 0 Å². The third-order valence-corrected chi connectivity index (χ3v) is 15.2. The number of nitrogens with one attached hydrogen (secondary N) is 4. The summed E-state index contributed by atoms with van der Waals surface area (Å²) in [6, 6.07) is -3.37. The van der Waals surface area contributed by atoms with Crippen molar-refractivity contribution < 1.29 is 32.4 Å². The highest BCUT2D eigenvalue weighted by molar-refractivity contribution is 7.92. The summed E-state index contributed by atoms with van der Waals surface area (Å²) in [5.41, 5.74) is -1.15.